The predicted octanol–water partition coefficient (Wildman–Crippen LogP) is 1.95. The minimum atomic E-state index is -4.46. The number of hydrogen-bond donors (Lipinski definition) is 1. The number of aromatic nitrogens is 1. The maximum absolute atomic E-state index is 12.7. The highest BCUT2D eigenvalue weighted by atomic mass is 19.4. The Morgan fingerprint density at radius 2 is 2.25 bits per heavy atom. The molecule has 1 aromatic carbocycles. The molecule has 2 heterocycles. The van der Waals surface area contributed by atoms with Crippen molar-refractivity contribution in [1.82, 2.24) is 9.88 Å². The zero-order valence-corrected chi connectivity index (χ0v) is 12.7. The van der Waals surface area contributed by atoms with E-state index >= 15 is 0 Å². The van der Waals surface area contributed by atoms with Crippen molar-refractivity contribution >= 4 is 17.1 Å². The highest BCUT2D eigenvalue weighted by Gasteiger charge is 2.37. The molecule has 1 N–H and O–H groups in total. The molecule has 130 valence electrons. The molecule has 9 heteroatoms. The second-order valence-electron chi connectivity index (χ2n) is 5.65. The van der Waals surface area contributed by atoms with Gasteiger partial charge in [0, 0.05) is 13.0 Å². The number of hydrogen-bond acceptors (Lipinski definition) is 6. The van der Waals surface area contributed by atoms with Crippen molar-refractivity contribution in [2.24, 2.45) is 0 Å². The SMILES string of the molecule is COC(=O)[C@H]1C[C@@H](O)CN1Cc1nc2cc(C(F)(F)F)ccc2o1. The Kier molecular flexibility index (Phi) is 4.22. The molecular formula is C15H15F3N2O4. The summed E-state index contributed by atoms with van der Waals surface area (Å²) in [5.41, 5.74) is -0.486. The van der Waals surface area contributed by atoms with Gasteiger partial charge in [-0.05, 0) is 18.2 Å². The Balaban J connectivity index is 1.83. The molecule has 2 atom stereocenters. The van der Waals surface area contributed by atoms with Crippen LogP contribution in [-0.4, -0.2) is 46.8 Å². The number of likely N-dealkylation sites (tertiary alicyclic amines) is 1. The number of carbonyl (C=O) groups is 1. The molecular weight excluding hydrogens is 329 g/mol. The van der Waals surface area contributed by atoms with Crippen molar-refractivity contribution in [2.75, 3.05) is 13.7 Å². The van der Waals surface area contributed by atoms with Crippen molar-refractivity contribution < 1.29 is 32.2 Å². The van der Waals surface area contributed by atoms with E-state index in [4.69, 9.17) is 9.15 Å². The number of halogens is 3. The molecule has 1 fully saturated rings. The Morgan fingerprint density at radius 1 is 1.50 bits per heavy atom. The lowest BCUT2D eigenvalue weighted by Gasteiger charge is -2.19. The number of benzene rings is 1. The van der Waals surface area contributed by atoms with Gasteiger partial charge in [-0.15, -0.1) is 0 Å². The summed E-state index contributed by atoms with van der Waals surface area (Å²) < 4.78 is 48.3. The largest absolute Gasteiger partial charge is 0.468 e. The van der Waals surface area contributed by atoms with E-state index in [-0.39, 0.29) is 36.5 Å². The summed E-state index contributed by atoms with van der Waals surface area (Å²) in [7, 11) is 1.25. The Labute approximate surface area is 134 Å². The number of aliphatic hydroxyl groups excluding tert-OH is 1. The molecule has 0 saturated carbocycles. The zero-order valence-electron chi connectivity index (χ0n) is 12.7. The minimum Gasteiger partial charge on any atom is -0.468 e. The van der Waals surface area contributed by atoms with E-state index in [2.05, 4.69) is 4.98 Å². The van der Waals surface area contributed by atoms with Crippen LogP contribution in [0.3, 0.4) is 0 Å². The first-order valence-electron chi connectivity index (χ1n) is 7.24. The van der Waals surface area contributed by atoms with Gasteiger partial charge in [0.2, 0.25) is 5.89 Å². The lowest BCUT2D eigenvalue weighted by Crippen LogP contribution is -2.36. The number of methoxy groups -OCH3 is 1. The maximum Gasteiger partial charge on any atom is 0.416 e. The number of carbonyl (C=O) groups excluding carboxylic acids is 1. The molecule has 1 aliphatic heterocycles. The summed E-state index contributed by atoms with van der Waals surface area (Å²) in [6, 6.07) is 2.42. The fourth-order valence-corrected chi connectivity index (χ4v) is 2.83. The van der Waals surface area contributed by atoms with E-state index in [9.17, 15) is 23.1 Å². The van der Waals surface area contributed by atoms with E-state index < -0.39 is 29.9 Å². The van der Waals surface area contributed by atoms with Crippen molar-refractivity contribution in [1.29, 1.82) is 0 Å². The fraction of sp³-hybridized carbons (Fsp3) is 0.467. The average molecular weight is 344 g/mol. The second kappa shape index (κ2) is 6.06. The normalized spacial score (nSPS) is 22.2. The first kappa shape index (κ1) is 16.7. The molecule has 1 saturated heterocycles. The van der Waals surface area contributed by atoms with E-state index in [0.717, 1.165) is 12.1 Å². The van der Waals surface area contributed by atoms with Crippen LogP contribution in [0, 0.1) is 0 Å². The lowest BCUT2D eigenvalue weighted by atomic mass is 10.2. The first-order chi connectivity index (χ1) is 11.3. The van der Waals surface area contributed by atoms with Gasteiger partial charge in [0.05, 0.1) is 25.3 Å². The number of ether oxygens (including phenoxy) is 1. The van der Waals surface area contributed by atoms with Gasteiger partial charge in [-0.2, -0.15) is 13.2 Å². The number of aliphatic hydroxyl groups is 1. The monoisotopic (exact) mass is 344 g/mol. The number of fused-ring (bicyclic) bond motifs is 1. The third-order valence-corrected chi connectivity index (χ3v) is 3.95. The van der Waals surface area contributed by atoms with Crippen molar-refractivity contribution in [3.05, 3.63) is 29.7 Å². The standard InChI is InChI=1S/C15H15F3N2O4/c1-23-14(22)11-5-9(21)6-20(11)7-13-19-10-4-8(15(16,17)18)2-3-12(10)24-13/h2-4,9,11,21H,5-7H2,1H3/t9-,11-/m1/s1. The van der Waals surface area contributed by atoms with E-state index in [0.29, 0.717) is 0 Å². The molecule has 0 amide bonds. The molecule has 2 aromatic rings. The van der Waals surface area contributed by atoms with Crippen molar-refractivity contribution in [3.8, 4) is 0 Å². The molecule has 0 radical (unpaired) electrons. The Hall–Kier alpha value is -2.13. The summed E-state index contributed by atoms with van der Waals surface area (Å²) in [6.07, 6.45) is -4.91. The third-order valence-electron chi connectivity index (χ3n) is 3.95. The number of alkyl halides is 3. The van der Waals surface area contributed by atoms with Gasteiger partial charge in [0.15, 0.2) is 5.58 Å². The van der Waals surface area contributed by atoms with Crippen LogP contribution >= 0.6 is 0 Å². The van der Waals surface area contributed by atoms with Crippen LogP contribution in [-0.2, 0) is 22.3 Å². The van der Waals surface area contributed by atoms with Gasteiger partial charge in [-0.25, -0.2) is 4.98 Å². The molecule has 1 aliphatic rings. The smallest absolute Gasteiger partial charge is 0.416 e. The van der Waals surface area contributed by atoms with E-state index in [1.807, 2.05) is 0 Å². The minimum absolute atomic E-state index is 0.0901. The van der Waals surface area contributed by atoms with Gasteiger partial charge in [-0.3, -0.25) is 9.69 Å². The average Bonchev–Trinajstić information content (AvgIpc) is 3.07. The molecule has 0 aliphatic carbocycles. The summed E-state index contributed by atoms with van der Waals surface area (Å²) in [5.74, 6) is -0.311. The van der Waals surface area contributed by atoms with Gasteiger partial charge < -0.3 is 14.3 Å². The number of oxazole rings is 1. The summed E-state index contributed by atoms with van der Waals surface area (Å²) in [4.78, 5) is 17.4. The summed E-state index contributed by atoms with van der Waals surface area (Å²) in [5, 5.41) is 9.73. The van der Waals surface area contributed by atoms with Crippen LogP contribution in [0.5, 0.6) is 0 Å². The second-order valence-corrected chi connectivity index (χ2v) is 5.65. The predicted molar refractivity (Wildman–Crippen MR) is 75.8 cm³/mol. The fourth-order valence-electron chi connectivity index (χ4n) is 2.83. The molecule has 0 unspecified atom stereocenters. The quantitative estimate of drug-likeness (QED) is 0.858. The number of nitrogens with zero attached hydrogens (tertiary/aromatic N) is 2. The summed E-state index contributed by atoms with van der Waals surface area (Å²) in [6.45, 7) is 0.319. The lowest BCUT2D eigenvalue weighted by molar-refractivity contribution is -0.146. The van der Waals surface area contributed by atoms with E-state index in [1.54, 1.807) is 4.90 Å². The number of esters is 1. The van der Waals surface area contributed by atoms with Crippen LogP contribution in [0.4, 0.5) is 13.2 Å². The Morgan fingerprint density at radius 3 is 2.92 bits per heavy atom. The zero-order chi connectivity index (χ0) is 17.5. The summed E-state index contributed by atoms with van der Waals surface area (Å²) >= 11 is 0. The van der Waals surface area contributed by atoms with Gasteiger partial charge in [-0.1, -0.05) is 0 Å². The van der Waals surface area contributed by atoms with Gasteiger partial charge in [0.25, 0.3) is 0 Å². The maximum atomic E-state index is 12.7. The van der Waals surface area contributed by atoms with Crippen LogP contribution in [0.15, 0.2) is 22.6 Å². The first-order valence-corrected chi connectivity index (χ1v) is 7.24. The van der Waals surface area contributed by atoms with Crippen LogP contribution in [0.1, 0.15) is 17.9 Å². The highest BCUT2D eigenvalue weighted by Crippen LogP contribution is 2.32. The van der Waals surface area contributed by atoms with Crippen LogP contribution < -0.4 is 0 Å². The Bertz CT molecular complexity index is 759. The topological polar surface area (TPSA) is 75.8 Å². The molecule has 3 rings (SSSR count). The highest BCUT2D eigenvalue weighted by molar-refractivity contribution is 5.76. The number of rotatable bonds is 3. The van der Waals surface area contributed by atoms with Crippen LogP contribution in [0.25, 0.3) is 11.1 Å². The van der Waals surface area contributed by atoms with Crippen molar-refractivity contribution in [2.45, 2.75) is 31.3 Å². The molecule has 0 bridgehead atoms. The van der Waals surface area contributed by atoms with Crippen molar-refractivity contribution in [3.63, 3.8) is 0 Å². The van der Waals surface area contributed by atoms with Crippen LogP contribution in [0.2, 0.25) is 0 Å². The molecule has 6 nitrogen and oxygen atoms in total. The van der Waals surface area contributed by atoms with Gasteiger partial charge in [0.1, 0.15) is 11.6 Å². The molecule has 0 spiro atoms. The van der Waals surface area contributed by atoms with Gasteiger partial charge >= 0.3 is 12.1 Å². The molecule has 24 heavy (non-hydrogen) atoms. The van der Waals surface area contributed by atoms with E-state index in [1.165, 1.54) is 13.2 Å². The molecule has 1 aromatic heterocycles. The number of β-amino-alcohol motifs (C(OH)–C–C–N with tert-alkyl or cyclic N) is 1. The third kappa shape index (κ3) is 3.22.